The van der Waals surface area contributed by atoms with E-state index in [4.69, 9.17) is 0 Å². The first-order valence-electron chi connectivity index (χ1n) is 11.3. The predicted octanol–water partition coefficient (Wildman–Crippen LogP) is 4.54. The zero-order valence-electron chi connectivity index (χ0n) is 19.7. The molecule has 3 aromatic rings. The molecule has 0 radical (unpaired) electrons. The third-order valence-corrected chi connectivity index (χ3v) is 5.80. The second-order valence-corrected chi connectivity index (χ2v) is 10.2. The first-order valence-corrected chi connectivity index (χ1v) is 11.3. The minimum Gasteiger partial charge on any atom is -0.349 e. The van der Waals surface area contributed by atoms with Crippen LogP contribution in [-0.2, 0) is 6.54 Å². The van der Waals surface area contributed by atoms with E-state index in [1.807, 2.05) is 6.92 Å². The van der Waals surface area contributed by atoms with Gasteiger partial charge in [0.1, 0.15) is 5.65 Å². The minimum atomic E-state index is -2.67. The molecule has 1 fully saturated rings. The highest BCUT2D eigenvalue weighted by atomic mass is 19.3. The van der Waals surface area contributed by atoms with E-state index in [0.29, 0.717) is 23.7 Å². The van der Waals surface area contributed by atoms with E-state index in [-0.39, 0.29) is 35.8 Å². The fourth-order valence-electron chi connectivity index (χ4n) is 4.00. The summed E-state index contributed by atoms with van der Waals surface area (Å²) in [5, 5.41) is 6.66. The van der Waals surface area contributed by atoms with Crippen molar-refractivity contribution in [3.63, 3.8) is 0 Å². The number of amides is 1. The van der Waals surface area contributed by atoms with Crippen LogP contribution in [0.5, 0.6) is 0 Å². The highest BCUT2D eigenvalue weighted by molar-refractivity contribution is 5.94. The standard InChI is InChI=1S/C25H29F2N5O2/c1-15(16-5-7-17(8-6-16)22(34)30-19-11-25(26,27)12-19)29-23-28-13-18-9-10-20(33)32(21(18)31-23)14-24(2,3)4/h5-10,13,15,19H,11-12,14H2,1-4H3,(H,30,34)(H,28,29,31)/t15-/m0/s1. The first-order chi connectivity index (χ1) is 15.9. The number of alkyl halides is 2. The molecule has 34 heavy (non-hydrogen) atoms. The van der Waals surface area contributed by atoms with Crippen molar-refractivity contribution >= 4 is 22.9 Å². The van der Waals surface area contributed by atoms with Crippen LogP contribution in [0.2, 0.25) is 0 Å². The third kappa shape index (κ3) is 5.40. The average molecular weight is 470 g/mol. The second kappa shape index (κ2) is 8.77. The van der Waals surface area contributed by atoms with Crippen LogP contribution in [-0.4, -0.2) is 32.4 Å². The van der Waals surface area contributed by atoms with Crippen molar-refractivity contribution in [2.24, 2.45) is 5.41 Å². The first kappa shape index (κ1) is 23.8. The van der Waals surface area contributed by atoms with Crippen LogP contribution in [0.25, 0.3) is 11.0 Å². The molecule has 0 aliphatic heterocycles. The average Bonchev–Trinajstić information content (AvgIpc) is 2.74. The number of nitrogens with one attached hydrogen (secondary N) is 2. The van der Waals surface area contributed by atoms with Crippen molar-refractivity contribution in [1.82, 2.24) is 19.9 Å². The lowest BCUT2D eigenvalue weighted by molar-refractivity contribution is -0.0901. The number of rotatable bonds is 6. The van der Waals surface area contributed by atoms with Crippen LogP contribution in [0.1, 0.15) is 62.5 Å². The maximum absolute atomic E-state index is 13.0. The molecule has 7 nitrogen and oxygen atoms in total. The van der Waals surface area contributed by atoms with E-state index in [2.05, 4.69) is 41.4 Å². The Balaban J connectivity index is 1.47. The number of carbonyl (C=O) groups is 1. The molecule has 1 aromatic carbocycles. The molecule has 2 aromatic heterocycles. The summed E-state index contributed by atoms with van der Waals surface area (Å²) in [7, 11) is 0. The minimum absolute atomic E-state index is 0.0997. The molecule has 2 heterocycles. The lowest BCUT2D eigenvalue weighted by Gasteiger charge is -2.35. The van der Waals surface area contributed by atoms with Crippen molar-refractivity contribution < 1.29 is 13.6 Å². The molecule has 0 bridgehead atoms. The van der Waals surface area contributed by atoms with Crippen LogP contribution in [0, 0.1) is 5.41 Å². The Kier molecular flexibility index (Phi) is 6.14. The zero-order chi connectivity index (χ0) is 24.7. The number of nitrogens with zero attached hydrogens (tertiary/aromatic N) is 3. The van der Waals surface area contributed by atoms with Gasteiger partial charge >= 0.3 is 0 Å². The van der Waals surface area contributed by atoms with Crippen molar-refractivity contribution in [2.75, 3.05) is 5.32 Å². The van der Waals surface area contributed by atoms with E-state index in [1.165, 1.54) is 6.07 Å². The van der Waals surface area contributed by atoms with Gasteiger partial charge in [0.2, 0.25) is 5.95 Å². The molecule has 4 rings (SSSR count). The van der Waals surface area contributed by atoms with E-state index in [0.717, 1.165) is 10.9 Å². The van der Waals surface area contributed by atoms with Gasteiger partial charge in [-0.2, -0.15) is 4.98 Å². The molecule has 180 valence electrons. The second-order valence-electron chi connectivity index (χ2n) is 10.2. The molecule has 9 heteroatoms. The van der Waals surface area contributed by atoms with Gasteiger partial charge in [-0.3, -0.25) is 14.2 Å². The largest absolute Gasteiger partial charge is 0.349 e. The maximum Gasteiger partial charge on any atom is 0.252 e. The number of anilines is 1. The van der Waals surface area contributed by atoms with Crippen LogP contribution < -0.4 is 16.2 Å². The summed E-state index contributed by atoms with van der Waals surface area (Å²) in [5.41, 5.74) is 1.67. The summed E-state index contributed by atoms with van der Waals surface area (Å²) >= 11 is 0. The summed E-state index contributed by atoms with van der Waals surface area (Å²) in [6, 6.07) is 9.54. The van der Waals surface area contributed by atoms with Crippen LogP contribution in [0.3, 0.4) is 0 Å². The molecule has 1 aliphatic carbocycles. The van der Waals surface area contributed by atoms with Gasteiger partial charge in [0.15, 0.2) is 0 Å². The number of hydrogen-bond donors (Lipinski definition) is 2. The Bertz CT molecular complexity index is 1260. The quantitative estimate of drug-likeness (QED) is 0.553. The predicted molar refractivity (Wildman–Crippen MR) is 127 cm³/mol. The smallest absolute Gasteiger partial charge is 0.252 e. The molecule has 0 unspecified atom stereocenters. The highest BCUT2D eigenvalue weighted by Gasteiger charge is 2.45. The fraction of sp³-hybridized carbons (Fsp3) is 0.440. The molecule has 1 aliphatic rings. The van der Waals surface area contributed by atoms with Gasteiger partial charge in [-0.25, -0.2) is 13.8 Å². The Morgan fingerprint density at radius 1 is 1.18 bits per heavy atom. The number of carbonyl (C=O) groups excluding carboxylic acids is 1. The SMILES string of the molecule is C[C@H](Nc1ncc2ccc(=O)n(CC(C)(C)C)c2n1)c1ccc(C(=O)NC2CC(F)(F)C2)cc1. The van der Waals surface area contributed by atoms with Gasteiger partial charge in [0.05, 0.1) is 6.04 Å². The highest BCUT2D eigenvalue weighted by Crippen LogP contribution is 2.37. The summed E-state index contributed by atoms with van der Waals surface area (Å²) in [4.78, 5) is 33.8. The van der Waals surface area contributed by atoms with Gasteiger partial charge in [0, 0.05) is 48.6 Å². The van der Waals surface area contributed by atoms with Gasteiger partial charge in [0.25, 0.3) is 17.4 Å². The van der Waals surface area contributed by atoms with Crippen molar-refractivity contribution in [3.8, 4) is 0 Å². The zero-order valence-corrected chi connectivity index (χ0v) is 19.7. The number of aromatic nitrogens is 3. The number of fused-ring (bicyclic) bond motifs is 1. The van der Waals surface area contributed by atoms with Gasteiger partial charge in [-0.15, -0.1) is 0 Å². The lowest BCUT2D eigenvalue weighted by Crippen LogP contribution is -2.50. The van der Waals surface area contributed by atoms with Gasteiger partial charge in [-0.1, -0.05) is 32.9 Å². The summed E-state index contributed by atoms with van der Waals surface area (Å²) in [6.07, 6.45) is 1.06. The molecular weight excluding hydrogens is 440 g/mol. The van der Waals surface area contributed by atoms with Crippen LogP contribution >= 0.6 is 0 Å². The number of pyridine rings is 1. The Labute approximate surface area is 196 Å². The third-order valence-electron chi connectivity index (χ3n) is 5.80. The number of hydrogen-bond acceptors (Lipinski definition) is 5. The van der Waals surface area contributed by atoms with Crippen LogP contribution in [0.15, 0.2) is 47.4 Å². The van der Waals surface area contributed by atoms with E-state index in [1.54, 1.807) is 41.1 Å². The number of halogens is 2. The summed E-state index contributed by atoms with van der Waals surface area (Å²) in [5.74, 6) is -2.64. The van der Waals surface area contributed by atoms with Crippen molar-refractivity contribution in [3.05, 3.63) is 64.1 Å². The van der Waals surface area contributed by atoms with E-state index < -0.39 is 12.0 Å². The maximum atomic E-state index is 13.0. The van der Waals surface area contributed by atoms with Crippen LogP contribution in [0.4, 0.5) is 14.7 Å². The number of benzene rings is 1. The van der Waals surface area contributed by atoms with Crippen molar-refractivity contribution in [1.29, 1.82) is 0 Å². The monoisotopic (exact) mass is 469 g/mol. The Morgan fingerprint density at radius 3 is 2.47 bits per heavy atom. The summed E-state index contributed by atoms with van der Waals surface area (Å²) in [6.45, 7) is 8.65. The molecule has 1 amide bonds. The fourth-order valence-corrected chi connectivity index (χ4v) is 4.00. The molecule has 1 atom stereocenters. The molecule has 2 N–H and O–H groups in total. The Morgan fingerprint density at radius 2 is 1.85 bits per heavy atom. The van der Waals surface area contributed by atoms with E-state index in [9.17, 15) is 18.4 Å². The summed E-state index contributed by atoms with van der Waals surface area (Å²) < 4.78 is 27.6. The van der Waals surface area contributed by atoms with Gasteiger partial charge in [-0.05, 0) is 36.1 Å². The lowest BCUT2D eigenvalue weighted by atomic mass is 9.88. The molecule has 0 spiro atoms. The normalized spacial score (nSPS) is 16.6. The van der Waals surface area contributed by atoms with Gasteiger partial charge < -0.3 is 10.6 Å². The Hall–Kier alpha value is -3.36. The van der Waals surface area contributed by atoms with Crippen molar-refractivity contribution in [2.45, 2.75) is 65.1 Å². The molecule has 0 saturated heterocycles. The molecule has 1 saturated carbocycles. The topological polar surface area (TPSA) is 88.9 Å². The van der Waals surface area contributed by atoms with E-state index >= 15 is 0 Å². The molecular formula is C25H29F2N5O2.